The van der Waals surface area contributed by atoms with E-state index in [0.29, 0.717) is 10.5 Å². The maximum atomic E-state index is 5.18. The largest absolute Gasteiger partial charge is 0.378 e. The molecule has 0 aliphatic carbocycles. The Morgan fingerprint density at radius 3 is 1.92 bits per heavy atom. The molecule has 0 saturated heterocycles. The average molecular weight is 192 g/mol. The van der Waals surface area contributed by atoms with E-state index >= 15 is 0 Å². The number of ether oxygens (including phenoxy) is 3. The third kappa shape index (κ3) is 2.15. The maximum absolute atomic E-state index is 5.18. The van der Waals surface area contributed by atoms with Gasteiger partial charge in [0.15, 0.2) is 16.6 Å². The summed E-state index contributed by atoms with van der Waals surface area (Å²) >= 11 is 0. The van der Waals surface area contributed by atoms with Crippen molar-refractivity contribution in [1.29, 1.82) is 0 Å². The van der Waals surface area contributed by atoms with Crippen LogP contribution in [0.5, 0.6) is 0 Å². The molecule has 0 fully saturated rings. The van der Waals surface area contributed by atoms with Crippen LogP contribution in [0.4, 0.5) is 0 Å². The summed E-state index contributed by atoms with van der Waals surface area (Å²) in [7, 11) is 5.03. The Bertz CT molecular complexity index is 127. The summed E-state index contributed by atoms with van der Waals surface area (Å²) in [6, 6.07) is 0. The van der Waals surface area contributed by atoms with E-state index in [1.54, 1.807) is 13.2 Å². The van der Waals surface area contributed by atoms with E-state index in [4.69, 9.17) is 18.6 Å². The van der Waals surface area contributed by atoms with Crippen LogP contribution >= 0.6 is 0 Å². The Kier molecular flexibility index (Phi) is 5.35. The Morgan fingerprint density at radius 2 is 1.83 bits per heavy atom. The van der Waals surface area contributed by atoms with Gasteiger partial charge in [-0.1, -0.05) is 6.08 Å². The molecule has 0 aromatic carbocycles. The van der Waals surface area contributed by atoms with E-state index in [0.717, 1.165) is 0 Å². The molecule has 0 aromatic heterocycles. The van der Waals surface area contributed by atoms with Gasteiger partial charge in [0, 0.05) is 21.3 Å². The minimum Gasteiger partial charge on any atom is -0.378 e. The van der Waals surface area contributed by atoms with Crippen LogP contribution in [0.3, 0.4) is 0 Å². The van der Waals surface area contributed by atoms with E-state index < -0.39 is 12.1 Å². The zero-order valence-corrected chi connectivity index (χ0v) is 9.99. The van der Waals surface area contributed by atoms with Crippen LogP contribution in [0.25, 0.3) is 0 Å². The molecule has 0 rings (SSSR count). The van der Waals surface area contributed by atoms with Crippen LogP contribution in [0.1, 0.15) is 0 Å². The molecule has 0 aliphatic rings. The molecule has 5 heteroatoms. The Labute approximate surface area is 76.0 Å². The maximum Gasteiger partial charge on any atom is 0.303 e. The zero-order valence-electron chi connectivity index (χ0n) is 7.99. The van der Waals surface area contributed by atoms with E-state index in [1.165, 1.54) is 14.2 Å². The van der Waals surface area contributed by atoms with Crippen molar-refractivity contribution in [2.45, 2.75) is 12.1 Å². The lowest BCUT2D eigenvalue weighted by Crippen LogP contribution is -2.48. The first-order valence-electron chi connectivity index (χ1n) is 3.51. The predicted octanol–water partition coefficient (Wildman–Crippen LogP) is -0.569. The molecule has 0 bridgehead atoms. The van der Waals surface area contributed by atoms with Crippen LogP contribution in [0.15, 0.2) is 12.7 Å². The molecule has 1 unspecified atom stereocenters. The first kappa shape index (κ1) is 11.8. The van der Waals surface area contributed by atoms with E-state index in [-0.39, 0.29) is 0 Å². The van der Waals surface area contributed by atoms with Crippen molar-refractivity contribution in [3.8, 4) is 0 Å². The topological polar surface area (TPSA) is 36.9 Å². The summed E-state index contributed by atoms with van der Waals surface area (Å²) in [6.45, 7) is 3.59. The molecule has 0 heterocycles. The standard InChI is InChI=1S/C7H16O4Si/c1-5-6(8-2)7(9-3,10-4)11-12/h5-6H,1H2,2-4,12H3. The van der Waals surface area contributed by atoms with Gasteiger partial charge >= 0.3 is 5.97 Å². The molecule has 0 amide bonds. The average Bonchev–Trinajstić information content (AvgIpc) is 2.14. The van der Waals surface area contributed by atoms with Crippen molar-refractivity contribution in [3.63, 3.8) is 0 Å². The second kappa shape index (κ2) is 5.44. The van der Waals surface area contributed by atoms with Gasteiger partial charge in [-0.2, -0.15) is 0 Å². The number of methoxy groups -OCH3 is 3. The molecule has 1 atom stereocenters. The molecular formula is C7H16O4Si. The summed E-state index contributed by atoms with van der Waals surface area (Å²) in [4.78, 5) is 0. The number of rotatable bonds is 6. The molecule has 0 radical (unpaired) electrons. The SMILES string of the molecule is C=CC(OC)C(OC)(OC)O[SiH3]. The van der Waals surface area contributed by atoms with Crippen molar-refractivity contribution in [2.24, 2.45) is 0 Å². The molecule has 0 saturated carbocycles. The molecule has 4 nitrogen and oxygen atoms in total. The van der Waals surface area contributed by atoms with Gasteiger partial charge in [-0.25, -0.2) is 0 Å². The fourth-order valence-corrected chi connectivity index (χ4v) is 1.55. The summed E-state index contributed by atoms with van der Waals surface area (Å²) in [5.41, 5.74) is 0. The Hall–Kier alpha value is -0.203. The highest BCUT2D eigenvalue weighted by Gasteiger charge is 2.38. The van der Waals surface area contributed by atoms with Gasteiger partial charge in [0.05, 0.1) is 0 Å². The molecule has 12 heavy (non-hydrogen) atoms. The molecule has 0 N–H and O–H groups in total. The highest BCUT2D eigenvalue weighted by molar-refractivity contribution is 5.98. The minimum atomic E-state index is -1.14. The number of hydrogen-bond acceptors (Lipinski definition) is 4. The Morgan fingerprint density at radius 1 is 1.33 bits per heavy atom. The summed E-state index contributed by atoms with van der Waals surface area (Å²) < 4.78 is 20.4. The van der Waals surface area contributed by atoms with Crippen LogP contribution in [-0.4, -0.2) is 43.9 Å². The van der Waals surface area contributed by atoms with Crippen LogP contribution in [0, 0.1) is 0 Å². The van der Waals surface area contributed by atoms with Crippen molar-refractivity contribution in [3.05, 3.63) is 12.7 Å². The summed E-state index contributed by atoms with van der Waals surface area (Å²) in [5, 5.41) is 0. The van der Waals surface area contributed by atoms with Gasteiger partial charge in [-0.15, -0.1) is 6.58 Å². The van der Waals surface area contributed by atoms with Crippen LogP contribution in [-0.2, 0) is 18.6 Å². The van der Waals surface area contributed by atoms with Gasteiger partial charge < -0.3 is 18.6 Å². The zero-order chi connectivity index (χ0) is 9.61. The third-order valence-electron chi connectivity index (χ3n) is 1.67. The van der Waals surface area contributed by atoms with Gasteiger partial charge in [0.2, 0.25) is 0 Å². The van der Waals surface area contributed by atoms with Gasteiger partial charge in [0.1, 0.15) is 0 Å². The predicted molar refractivity (Wildman–Crippen MR) is 48.8 cm³/mol. The fraction of sp³-hybridized carbons (Fsp3) is 0.714. The molecular weight excluding hydrogens is 176 g/mol. The summed E-state index contributed by atoms with van der Waals surface area (Å²) in [6.07, 6.45) is 1.15. The highest BCUT2D eigenvalue weighted by Crippen LogP contribution is 2.20. The van der Waals surface area contributed by atoms with Crippen LogP contribution < -0.4 is 0 Å². The lowest BCUT2D eigenvalue weighted by atomic mass is 10.3. The molecule has 72 valence electrons. The van der Waals surface area contributed by atoms with Gasteiger partial charge in [-0.3, -0.25) is 0 Å². The monoisotopic (exact) mass is 192 g/mol. The minimum absolute atomic E-state index is 0.426. The smallest absolute Gasteiger partial charge is 0.303 e. The van der Waals surface area contributed by atoms with Gasteiger partial charge in [0.25, 0.3) is 0 Å². The van der Waals surface area contributed by atoms with Crippen molar-refractivity contribution < 1.29 is 18.6 Å². The summed E-state index contributed by atoms with van der Waals surface area (Å²) in [5.74, 6) is -1.14. The van der Waals surface area contributed by atoms with Crippen molar-refractivity contribution in [2.75, 3.05) is 21.3 Å². The third-order valence-corrected chi connectivity index (χ3v) is 2.24. The molecule has 0 aromatic rings. The van der Waals surface area contributed by atoms with Crippen LogP contribution in [0.2, 0.25) is 0 Å². The van der Waals surface area contributed by atoms with Crippen molar-refractivity contribution in [1.82, 2.24) is 0 Å². The quantitative estimate of drug-likeness (QED) is 0.321. The second-order valence-electron chi connectivity index (χ2n) is 2.11. The molecule has 0 aliphatic heterocycles. The first-order chi connectivity index (χ1) is 5.70. The fourth-order valence-electron chi connectivity index (χ4n) is 0.983. The lowest BCUT2D eigenvalue weighted by Gasteiger charge is -2.33. The first-order valence-corrected chi connectivity index (χ1v) is 4.33. The van der Waals surface area contributed by atoms with Gasteiger partial charge in [-0.05, 0) is 0 Å². The normalized spacial score (nSPS) is 14.6. The Balaban J connectivity index is 4.53. The highest BCUT2D eigenvalue weighted by atomic mass is 28.2. The molecule has 0 spiro atoms. The second-order valence-corrected chi connectivity index (χ2v) is 2.52. The van der Waals surface area contributed by atoms with Crippen molar-refractivity contribution >= 4 is 10.5 Å². The van der Waals surface area contributed by atoms with E-state index in [2.05, 4.69) is 6.58 Å². The lowest BCUT2D eigenvalue weighted by molar-refractivity contribution is -0.355. The number of hydrogen-bond donors (Lipinski definition) is 0. The van der Waals surface area contributed by atoms with E-state index in [9.17, 15) is 0 Å². The van der Waals surface area contributed by atoms with E-state index in [1.807, 2.05) is 0 Å².